The third kappa shape index (κ3) is 4.90. The molecule has 1 aliphatic rings. The molecular formula is C14H24ClN5O3. The Morgan fingerprint density at radius 2 is 2.35 bits per heavy atom. The summed E-state index contributed by atoms with van der Waals surface area (Å²) in [6, 6.07) is 0. The molecule has 2 heterocycles. The van der Waals surface area contributed by atoms with Gasteiger partial charge in [-0.2, -0.15) is 5.10 Å². The Bertz CT molecular complexity index is 540. The number of aromatic nitrogens is 2. The minimum atomic E-state index is -0.959. The minimum absolute atomic E-state index is 0. The van der Waals surface area contributed by atoms with Crippen LogP contribution in [0.15, 0.2) is 12.4 Å². The fourth-order valence-corrected chi connectivity index (χ4v) is 2.59. The first-order chi connectivity index (χ1) is 10.4. The van der Waals surface area contributed by atoms with Gasteiger partial charge in [0.05, 0.1) is 4.92 Å². The molecule has 8 nitrogen and oxygen atoms in total. The van der Waals surface area contributed by atoms with Crippen molar-refractivity contribution in [2.24, 2.45) is 5.92 Å². The number of hydrogen-bond donors (Lipinski definition) is 2. The van der Waals surface area contributed by atoms with Crippen molar-refractivity contribution >= 4 is 24.0 Å². The lowest BCUT2D eigenvalue weighted by atomic mass is 9.96. The SMILES string of the molecule is CC(C)(C(=O)NCCC1CCCNC1)n1cc([N+](=O)[O-])cn1.Cl. The summed E-state index contributed by atoms with van der Waals surface area (Å²) in [5, 5.41) is 20.9. The lowest BCUT2D eigenvalue weighted by Crippen LogP contribution is -2.45. The highest BCUT2D eigenvalue weighted by molar-refractivity contribution is 5.85. The lowest BCUT2D eigenvalue weighted by Gasteiger charge is -2.26. The first-order valence-electron chi connectivity index (χ1n) is 7.60. The zero-order chi connectivity index (χ0) is 16.2. The maximum atomic E-state index is 12.3. The van der Waals surface area contributed by atoms with Crippen molar-refractivity contribution in [3.8, 4) is 0 Å². The third-order valence-corrected chi connectivity index (χ3v) is 4.15. The first kappa shape index (κ1) is 19.4. The average molecular weight is 346 g/mol. The Hall–Kier alpha value is -1.67. The molecule has 1 amide bonds. The topological polar surface area (TPSA) is 102 Å². The van der Waals surface area contributed by atoms with Gasteiger partial charge in [-0.15, -0.1) is 12.4 Å². The predicted molar refractivity (Wildman–Crippen MR) is 88.7 cm³/mol. The molecule has 0 saturated carbocycles. The number of carbonyl (C=O) groups excluding carboxylic acids is 1. The summed E-state index contributed by atoms with van der Waals surface area (Å²) in [7, 11) is 0. The van der Waals surface area contributed by atoms with Gasteiger partial charge in [0.2, 0.25) is 5.91 Å². The minimum Gasteiger partial charge on any atom is -0.354 e. The number of halogens is 1. The summed E-state index contributed by atoms with van der Waals surface area (Å²) >= 11 is 0. The summed E-state index contributed by atoms with van der Waals surface area (Å²) in [5.74, 6) is 0.414. The number of piperidine rings is 1. The van der Waals surface area contributed by atoms with E-state index >= 15 is 0 Å². The van der Waals surface area contributed by atoms with E-state index in [-0.39, 0.29) is 24.0 Å². The van der Waals surface area contributed by atoms with Crippen LogP contribution in [-0.4, -0.2) is 40.2 Å². The lowest BCUT2D eigenvalue weighted by molar-refractivity contribution is -0.385. The number of rotatable bonds is 6. The molecule has 1 aromatic heterocycles. The Labute approximate surface area is 141 Å². The van der Waals surface area contributed by atoms with Crippen LogP contribution in [0.4, 0.5) is 5.69 Å². The highest BCUT2D eigenvalue weighted by Gasteiger charge is 2.31. The molecule has 1 fully saturated rings. The Kier molecular flexibility index (Phi) is 6.96. The Balaban J connectivity index is 0.00000264. The number of amides is 1. The van der Waals surface area contributed by atoms with Crippen LogP contribution in [0.2, 0.25) is 0 Å². The standard InChI is InChI=1S/C14H23N5O3.ClH/c1-14(2,18-10-12(9-17-18)19(21)22)13(20)16-7-5-11-4-3-6-15-8-11;/h9-11,15H,3-8H2,1-2H3,(H,16,20);1H. The van der Waals surface area contributed by atoms with Gasteiger partial charge < -0.3 is 10.6 Å². The van der Waals surface area contributed by atoms with Crippen molar-refractivity contribution in [2.45, 2.75) is 38.6 Å². The van der Waals surface area contributed by atoms with E-state index in [9.17, 15) is 14.9 Å². The summed E-state index contributed by atoms with van der Waals surface area (Å²) in [6.45, 7) is 6.08. The molecule has 1 unspecified atom stereocenters. The highest BCUT2D eigenvalue weighted by Crippen LogP contribution is 2.19. The van der Waals surface area contributed by atoms with Crippen molar-refractivity contribution < 1.29 is 9.72 Å². The van der Waals surface area contributed by atoms with Crippen molar-refractivity contribution in [3.63, 3.8) is 0 Å². The molecule has 1 aromatic rings. The van der Waals surface area contributed by atoms with Gasteiger partial charge in [-0.25, -0.2) is 0 Å². The Morgan fingerprint density at radius 1 is 1.61 bits per heavy atom. The van der Waals surface area contributed by atoms with E-state index in [1.807, 2.05) is 0 Å². The first-order valence-corrected chi connectivity index (χ1v) is 7.60. The van der Waals surface area contributed by atoms with Gasteiger partial charge in [-0.1, -0.05) is 0 Å². The average Bonchev–Trinajstić information content (AvgIpc) is 2.99. The van der Waals surface area contributed by atoms with E-state index in [2.05, 4.69) is 15.7 Å². The summed E-state index contributed by atoms with van der Waals surface area (Å²) in [5.41, 5.74) is -1.08. The third-order valence-electron chi connectivity index (χ3n) is 4.15. The van der Waals surface area contributed by atoms with Crippen LogP contribution in [0.25, 0.3) is 0 Å². The summed E-state index contributed by atoms with van der Waals surface area (Å²) in [6.07, 6.45) is 5.75. The van der Waals surface area contributed by atoms with Crippen LogP contribution in [-0.2, 0) is 10.3 Å². The summed E-state index contributed by atoms with van der Waals surface area (Å²) in [4.78, 5) is 22.5. The van der Waals surface area contributed by atoms with Gasteiger partial charge in [-0.3, -0.25) is 19.6 Å². The smallest absolute Gasteiger partial charge is 0.307 e. The van der Waals surface area contributed by atoms with E-state index < -0.39 is 10.5 Å². The van der Waals surface area contributed by atoms with Crippen LogP contribution >= 0.6 is 12.4 Å². The molecule has 23 heavy (non-hydrogen) atoms. The number of carbonyl (C=O) groups is 1. The zero-order valence-electron chi connectivity index (χ0n) is 13.4. The molecule has 0 radical (unpaired) electrons. The van der Waals surface area contributed by atoms with E-state index in [1.54, 1.807) is 13.8 Å². The number of nitro groups is 1. The molecule has 130 valence electrons. The van der Waals surface area contributed by atoms with Gasteiger partial charge in [0.25, 0.3) is 0 Å². The molecule has 0 bridgehead atoms. The van der Waals surface area contributed by atoms with Gasteiger partial charge in [0.1, 0.15) is 17.9 Å². The van der Waals surface area contributed by atoms with Gasteiger partial charge >= 0.3 is 5.69 Å². The van der Waals surface area contributed by atoms with Crippen LogP contribution in [0.3, 0.4) is 0 Å². The van der Waals surface area contributed by atoms with Gasteiger partial charge in [0.15, 0.2) is 0 Å². The largest absolute Gasteiger partial charge is 0.354 e. The fourth-order valence-electron chi connectivity index (χ4n) is 2.59. The molecule has 1 aliphatic heterocycles. The van der Waals surface area contributed by atoms with E-state index in [1.165, 1.54) is 23.7 Å². The van der Waals surface area contributed by atoms with E-state index in [0.717, 1.165) is 25.7 Å². The van der Waals surface area contributed by atoms with Crippen molar-refractivity contribution in [1.82, 2.24) is 20.4 Å². The molecule has 2 rings (SSSR count). The van der Waals surface area contributed by atoms with Crippen LogP contribution in [0, 0.1) is 16.0 Å². The quantitative estimate of drug-likeness (QED) is 0.600. The van der Waals surface area contributed by atoms with E-state index in [4.69, 9.17) is 0 Å². The molecule has 0 spiro atoms. The van der Waals surface area contributed by atoms with Gasteiger partial charge in [-0.05, 0) is 52.1 Å². The molecule has 9 heteroatoms. The molecule has 1 saturated heterocycles. The number of nitrogens with zero attached hydrogens (tertiary/aromatic N) is 3. The predicted octanol–water partition coefficient (Wildman–Crippen LogP) is 1.45. The fraction of sp³-hybridized carbons (Fsp3) is 0.714. The maximum Gasteiger partial charge on any atom is 0.307 e. The van der Waals surface area contributed by atoms with Gasteiger partial charge in [0, 0.05) is 6.54 Å². The van der Waals surface area contributed by atoms with Crippen LogP contribution < -0.4 is 10.6 Å². The van der Waals surface area contributed by atoms with Crippen molar-refractivity contribution in [1.29, 1.82) is 0 Å². The molecule has 0 aromatic carbocycles. The molecule has 1 atom stereocenters. The summed E-state index contributed by atoms with van der Waals surface area (Å²) < 4.78 is 1.34. The van der Waals surface area contributed by atoms with Crippen LogP contribution in [0.1, 0.15) is 33.1 Å². The van der Waals surface area contributed by atoms with Crippen LogP contribution in [0.5, 0.6) is 0 Å². The van der Waals surface area contributed by atoms with Crippen molar-refractivity contribution in [3.05, 3.63) is 22.5 Å². The molecule has 0 aliphatic carbocycles. The second-order valence-electron chi connectivity index (χ2n) is 6.22. The zero-order valence-corrected chi connectivity index (χ0v) is 14.3. The second-order valence-corrected chi connectivity index (χ2v) is 6.22. The Morgan fingerprint density at radius 3 is 2.91 bits per heavy atom. The second kappa shape index (κ2) is 8.26. The monoisotopic (exact) mass is 345 g/mol. The number of hydrogen-bond acceptors (Lipinski definition) is 5. The number of nitrogens with one attached hydrogen (secondary N) is 2. The molecule has 2 N–H and O–H groups in total. The normalized spacial score (nSPS) is 18.1. The highest BCUT2D eigenvalue weighted by atomic mass is 35.5. The van der Waals surface area contributed by atoms with Crippen molar-refractivity contribution in [2.75, 3.05) is 19.6 Å². The molecular weight excluding hydrogens is 322 g/mol. The maximum absolute atomic E-state index is 12.3. The van der Waals surface area contributed by atoms with E-state index in [0.29, 0.717) is 12.5 Å².